The molecule has 0 saturated heterocycles. The summed E-state index contributed by atoms with van der Waals surface area (Å²) in [5.74, 6) is 4.01. The van der Waals surface area contributed by atoms with Gasteiger partial charge in [0, 0.05) is 32.0 Å². The first kappa shape index (κ1) is 23.7. The van der Waals surface area contributed by atoms with Gasteiger partial charge in [0.25, 0.3) is 0 Å². The first-order valence-corrected chi connectivity index (χ1v) is 13.3. The molecule has 0 aromatic heterocycles. The third kappa shape index (κ3) is 4.26. The largest absolute Gasteiger partial charge is 0.393 e. The molecule has 9 atom stereocenters. The van der Waals surface area contributed by atoms with Crippen molar-refractivity contribution in [1.82, 2.24) is 10.6 Å². The summed E-state index contributed by atoms with van der Waals surface area (Å²) in [7, 11) is 0. The van der Waals surface area contributed by atoms with E-state index in [2.05, 4.69) is 45.3 Å². The summed E-state index contributed by atoms with van der Waals surface area (Å²) in [4.78, 5) is 12.1. The van der Waals surface area contributed by atoms with Gasteiger partial charge >= 0.3 is 0 Å². The summed E-state index contributed by atoms with van der Waals surface area (Å²) in [5.41, 5.74) is 0.640. The molecule has 0 amide bonds. The Morgan fingerprint density at radius 3 is 2.52 bits per heavy atom. The first-order valence-electron chi connectivity index (χ1n) is 13.3. The second-order valence-electron chi connectivity index (χ2n) is 12.6. The predicted molar refractivity (Wildman–Crippen MR) is 127 cm³/mol. The Morgan fingerprint density at radius 2 is 1.77 bits per heavy atom. The maximum atomic E-state index is 12.1. The summed E-state index contributed by atoms with van der Waals surface area (Å²) in [6, 6.07) is 0.551. The number of hydrogen-bond donors (Lipinski definition) is 3. The Morgan fingerprint density at radius 1 is 1.03 bits per heavy atom. The Labute approximate surface area is 190 Å². The molecule has 3 N–H and O–H groups in total. The predicted octanol–water partition coefficient (Wildman–Crippen LogP) is 4.41. The van der Waals surface area contributed by atoms with Crippen molar-refractivity contribution in [2.75, 3.05) is 19.6 Å². The normalized spacial score (nSPS) is 45.8. The summed E-state index contributed by atoms with van der Waals surface area (Å²) >= 11 is 0. The number of ketones is 1. The second-order valence-corrected chi connectivity index (χ2v) is 12.6. The van der Waals surface area contributed by atoms with Crippen molar-refractivity contribution in [3.63, 3.8) is 0 Å². The lowest BCUT2D eigenvalue weighted by Crippen LogP contribution is -2.58. The van der Waals surface area contributed by atoms with Gasteiger partial charge in [-0.05, 0) is 91.4 Å². The van der Waals surface area contributed by atoms with Crippen LogP contribution in [0.4, 0.5) is 0 Å². The molecular weight excluding hydrogens is 384 g/mol. The standard InChI is InChI=1S/C27H48N2O2/c1-17(2)29-13-12-28-16-18(3)21-6-7-22-25-23(9-11-27(21,22)5)26(4)10-8-20(30)14-19(26)15-24(25)31/h17-19,21-25,28-29,31H,6-16H2,1-5H3/t18-,19-,21-,22?,23?,24-,25?,26+,27-/m1/s1. The molecule has 0 bridgehead atoms. The van der Waals surface area contributed by atoms with Crippen molar-refractivity contribution >= 4 is 5.78 Å². The highest BCUT2D eigenvalue weighted by Gasteiger charge is 2.62. The number of rotatable bonds is 7. The van der Waals surface area contributed by atoms with E-state index < -0.39 is 0 Å². The van der Waals surface area contributed by atoms with Crippen molar-refractivity contribution in [1.29, 1.82) is 0 Å². The molecule has 178 valence electrons. The van der Waals surface area contributed by atoms with E-state index in [4.69, 9.17) is 0 Å². The van der Waals surface area contributed by atoms with Gasteiger partial charge < -0.3 is 15.7 Å². The second kappa shape index (κ2) is 9.06. The van der Waals surface area contributed by atoms with Crippen LogP contribution in [-0.2, 0) is 4.79 Å². The van der Waals surface area contributed by atoms with Gasteiger partial charge in [-0.25, -0.2) is 0 Å². The van der Waals surface area contributed by atoms with Crippen LogP contribution in [0.3, 0.4) is 0 Å². The van der Waals surface area contributed by atoms with Gasteiger partial charge in [-0.15, -0.1) is 0 Å². The zero-order valence-electron chi connectivity index (χ0n) is 20.8. The van der Waals surface area contributed by atoms with E-state index >= 15 is 0 Å². The molecule has 4 rings (SSSR count). The average Bonchev–Trinajstić information content (AvgIpc) is 3.06. The van der Waals surface area contributed by atoms with Crippen LogP contribution in [0.2, 0.25) is 0 Å². The van der Waals surface area contributed by atoms with Gasteiger partial charge in [-0.2, -0.15) is 0 Å². The molecule has 31 heavy (non-hydrogen) atoms. The van der Waals surface area contributed by atoms with Crippen molar-refractivity contribution in [3.05, 3.63) is 0 Å². The summed E-state index contributed by atoms with van der Waals surface area (Å²) in [6.07, 6.45) is 8.38. The molecule has 4 aliphatic carbocycles. The van der Waals surface area contributed by atoms with Gasteiger partial charge in [0.05, 0.1) is 6.10 Å². The van der Waals surface area contributed by atoms with Gasteiger partial charge in [0.1, 0.15) is 5.78 Å². The number of aliphatic hydroxyl groups excluding tert-OH is 1. The number of Topliss-reactive ketones (excluding diaryl/α,β-unsaturated/α-hetero) is 1. The van der Waals surface area contributed by atoms with Gasteiger partial charge in [0.15, 0.2) is 0 Å². The maximum absolute atomic E-state index is 12.1. The van der Waals surface area contributed by atoms with Crippen LogP contribution in [0, 0.1) is 46.3 Å². The lowest BCUT2D eigenvalue weighted by atomic mass is 9.44. The van der Waals surface area contributed by atoms with E-state index in [0.717, 1.165) is 51.2 Å². The molecule has 4 fully saturated rings. The van der Waals surface area contributed by atoms with E-state index in [1.807, 2.05) is 0 Å². The Hall–Kier alpha value is -0.450. The molecule has 4 saturated carbocycles. The van der Waals surface area contributed by atoms with Crippen LogP contribution < -0.4 is 10.6 Å². The summed E-state index contributed by atoms with van der Waals surface area (Å²) in [5, 5.41) is 18.5. The van der Waals surface area contributed by atoms with E-state index in [1.165, 1.54) is 25.7 Å². The summed E-state index contributed by atoms with van der Waals surface area (Å²) in [6.45, 7) is 15.1. The molecule has 0 radical (unpaired) electrons. The van der Waals surface area contributed by atoms with Gasteiger partial charge in [-0.3, -0.25) is 4.79 Å². The lowest BCUT2D eigenvalue weighted by Gasteiger charge is -2.61. The minimum Gasteiger partial charge on any atom is -0.393 e. The van der Waals surface area contributed by atoms with Crippen LogP contribution in [0.1, 0.15) is 86.0 Å². The van der Waals surface area contributed by atoms with Crippen LogP contribution in [0.15, 0.2) is 0 Å². The topological polar surface area (TPSA) is 61.4 Å². The molecule has 0 aromatic carbocycles. The van der Waals surface area contributed by atoms with Crippen molar-refractivity contribution in [2.45, 2.75) is 98.1 Å². The zero-order chi connectivity index (χ0) is 22.4. The molecule has 0 heterocycles. The number of nitrogens with one attached hydrogen (secondary N) is 2. The van der Waals surface area contributed by atoms with Gasteiger partial charge in [-0.1, -0.05) is 34.6 Å². The molecule has 4 heteroatoms. The Bertz CT molecular complexity index is 651. The van der Waals surface area contributed by atoms with Crippen LogP contribution in [0.25, 0.3) is 0 Å². The van der Waals surface area contributed by atoms with Crippen molar-refractivity contribution in [3.8, 4) is 0 Å². The fraction of sp³-hybridized carbons (Fsp3) is 0.963. The van der Waals surface area contributed by atoms with E-state index in [-0.39, 0.29) is 11.5 Å². The maximum Gasteiger partial charge on any atom is 0.133 e. The number of carbonyl (C=O) groups is 1. The molecule has 0 spiro atoms. The SMILES string of the molecule is CC(C)NCCNC[C@@H](C)[C@H]1CCC2C3C(CC[C@@]21C)[C@@]1(C)CCC(=O)C[C@@H]1C[C@H]3O. The zero-order valence-corrected chi connectivity index (χ0v) is 20.8. The van der Waals surface area contributed by atoms with Crippen LogP contribution >= 0.6 is 0 Å². The Balaban J connectivity index is 1.42. The quantitative estimate of drug-likeness (QED) is 0.522. The van der Waals surface area contributed by atoms with Crippen LogP contribution in [0.5, 0.6) is 0 Å². The lowest BCUT2D eigenvalue weighted by molar-refractivity contribution is -0.168. The molecule has 4 nitrogen and oxygen atoms in total. The third-order valence-corrected chi connectivity index (χ3v) is 10.6. The number of aliphatic hydroxyl groups is 1. The van der Waals surface area contributed by atoms with E-state index in [1.54, 1.807) is 0 Å². The third-order valence-electron chi connectivity index (χ3n) is 10.6. The highest BCUT2D eigenvalue weighted by atomic mass is 16.3. The molecule has 3 unspecified atom stereocenters. The minimum atomic E-state index is -0.201. The highest BCUT2D eigenvalue weighted by Crippen LogP contribution is 2.68. The number of fused-ring (bicyclic) bond motifs is 5. The fourth-order valence-electron chi connectivity index (χ4n) is 8.91. The molecular formula is C27H48N2O2. The van der Waals surface area contributed by atoms with E-state index in [0.29, 0.717) is 46.8 Å². The highest BCUT2D eigenvalue weighted by molar-refractivity contribution is 5.79. The smallest absolute Gasteiger partial charge is 0.133 e. The van der Waals surface area contributed by atoms with E-state index in [9.17, 15) is 9.90 Å². The minimum absolute atomic E-state index is 0.201. The van der Waals surface area contributed by atoms with Crippen LogP contribution in [-0.4, -0.2) is 42.7 Å². The van der Waals surface area contributed by atoms with Crippen molar-refractivity contribution < 1.29 is 9.90 Å². The van der Waals surface area contributed by atoms with Gasteiger partial charge in [0.2, 0.25) is 0 Å². The average molecular weight is 433 g/mol. The summed E-state index contributed by atoms with van der Waals surface area (Å²) < 4.78 is 0. The molecule has 4 aliphatic rings. The fourth-order valence-corrected chi connectivity index (χ4v) is 8.91. The Kier molecular flexibility index (Phi) is 6.93. The molecule has 0 aromatic rings. The number of carbonyl (C=O) groups excluding carboxylic acids is 1. The first-order chi connectivity index (χ1) is 14.7. The monoisotopic (exact) mass is 432 g/mol. The number of hydrogen-bond acceptors (Lipinski definition) is 4. The van der Waals surface area contributed by atoms with Crippen molar-refractivity contribution in [2.24, 2.45) is 46.3 Å². The molecule has 0 aliphatic heterocycles.